The summed E-state index contributed by atoms with van der Waals surface area (Å²) in [6.07, 6.45) is 1.69. The van der Waals surface area contributed by atoms with Crippen LogP contribution in [0.1, 0.15) is 24.0 Å². The first-order valence-electron chi connectivity index (χ1n) is 6.41. The Labute approximate surface area is 118 Å². The summed E-state index contributed by atoms with van der Waals surface area (Å²) in [4.78, 5) is 13.6. The number of benzene rings is 1. The number of nitrogens with zero attached hydrogens (tertiary/aromatic N) is 1. The molecule has 1 saturated heterocycles. The van der Waals surface area contributed by atoms with E-state index in [1.807, 2.05) is 24.3 Å². The maximum Gasteiger partial charge on any atom is 0.307 e. The Hall–Kier alpha value is -1.46. The molecular formula is C14H18N2O2S. The number of hydrogen-bond donors (Lipinski definition) is 2. The second kappa shape index (κ2) is 6.12. The van der Waals surface area contributed by atoms with Gasteiger partial charge >= 0.3 is 5.97 Å². The first-order chi connectivity index (χ1) is 9.08. The number of likely N-dealkylation sites (tertiary alicyclic amines) is 1. The standard InChI is InChI=1S/C14H18N2O2S/c15-13(19)12-6-2-1-4-10(12)8-16-7-3-5-11(9-16)14(17)18/h1-2,4,6,11H,3,5,7-9H2,(H2,15,19)(H,17,18). The van der Waals surface area contributed by atoms with Gasteiger partial charge in [-0.1, -0.05) is 36.5 Å². The van der Waals surface area contributed by atoms with E-state index in [2.05, 4.69) is 4.90 Å². The van der Waals surface area contributed by atoms with E-state index in [0.717, 1.165) is 30.5 Å². The SMILES string of the molecule is NC(=S)c1ccccc1CN1CCCC(C(=O)O)C1. The third kappa shape index (κ3) is 3.52. The van der Waals surface area contributed by atoms with Crippen molar-refractivity contribution < 1.29 is 9.90 Å². The van der Waals surface area contributed by atoms with Crippen molar-refractivity contribution >= 4 is 23.2 Å². The molecule has 5 heteroatoms. The number of hydrogen-bond acceptors (Lipinski definition) is 3. The number of thiocarbonyl (C=S) groups is 1. The highest BCUT2D eigenvalue weighted by atomic mass is 32.1. The van der Waals surface area contributed by atoms with Crippen molar-refractivity contribution in [2.75, 3.05) is 13.1 Å². The van der Waals surface area contributed by atoms with Crippen LogP contribution in [0.25, 0.3) is 0 Å². The molecule has 1 fully saturated rings. The van der Waals surface area contributed by atoms with Crippen molar-refractivity contribution in [1.29, 1.82) is 0 Å². The van der Waals surface area contributed by atoms with Gasteiger partial charge in [0, 0.05) is 18.7 Å². The third-order valence-electron chi connectivity index (χ3n) is 3.53. The molecule has 2 rings (SSSR count). The fourth-order valence-electron chi connectivity index (χ4n) is 2.54. The van der Waals surface area contributed by atoms with Crippen LogP contribution in [-0.4, -0.2) is 34.1 Å². The normalized spacial score (nSPS) is 20.1. The van der Waals surface area contributed by atoms with Gasteiger partial charge in [0.25, 0.3) is 0 Å². The lowest BCUT2D eigenvalue weighted by Crippen LogP contribution is -2.38. The predicted molar refractivity (Wildman–Crippen MR) is 78.0 cm³/mol. The van der Waals surface area contributed by atoms with Crippen molar-refractivity contribution in [2.45, 2.75) is 19.4 Å². The van der Waals surface area contributed by atoms with Gasteiger partial charge in [-0.25, -0.2) is 0 Å². The lowest BCUT2D eigenvalue weighted by atomic mass is 9.97. The number of nitrogens with two attached hydrogens (primary N) is 1. The minimum Gasteiger partial charge on any atom is -0.481 e. The Morgan fingerprint density at radius 1 is 1.47 bits per heavy atom. The van der Waals surface area contributed by atoms with E-state index < -0.39 is 5.97 Å². The molecule has 3 N–H and O–H groups in total. The van der Waals surface area contributed by atoms with Crippen LogP contribution < -0.4 is 5.73 Å². The van der Waals surface area contributed by atoms with Crippen LogP contribution in [-0.2, 0) is 11.3 Å². The van der Waals surface area contributed by atoms with Crippen molar-refractivity contribution in [3.8, 4) is 0 Å². The van der Waals surface area contributed by atoms with Gasteiger partial charge in [-0.15, -0.1) is 0 Å². The van der Waals surface area contributed by atoms with Crippen molar-refractivity contribution in [2.24, 2.45) is 11.7 Å². The molecule has 0 amide bonds. The molecule has 19 heavy (non-hydrogen) atoms. The van der Waals surface area contributed by atoms with Gasteiger partial charge in [0.1, 0.15) is 4.99 Å². The fourth-order valence-corrected chi connectivity index (χ4v) is 2.74. The molecule has 0 aliphatic carbocycles. The van der Waals surface area contributed by atoms with E-state index in [0.29, 0.717) is 18.1 Å². The molecule has 0 bridgehead atoms. The summed E-state index contributed by atoms with van der Waals surface area (Å²) in [5.41, 5.74) is 7.67. The van der Waals surface area contributed by atoms with Gasteiger partial charge in [-0.05, 0) is 24.9 Å². The molecule has 1 aliphatic heterocycles. The largest absolute Gasteiger partial charge is 0.481 e. The van der Waals surface area contributed by atoms with E-state index in [1.54, 1.807) is 0 Å². The van der Waals surface area contributed by atoms with Crippen LogP contribution in [0.2, 0.25) is 0 Å². The quantitative estimate of drug-likeness (QED) is 0.819. The summed E-state index contributed by atoms with van der Waals surface area (Å²) >= 11 is 5.05. The summed E-state index contributed by atoms with van der Waals surface area (Å²) < 4.78 is 0. The minimum absolute atomic E-state index is 0.259. The van der Waals surface area contributed by atoms with Crippen LogP contribution in [0.5, 0.6) is 0 Å². The summed E-state index contributed by atoms with van der Waals surface area (Å²) in [6.45, 7) is 2.23. The Balaban J connectivity index is 2.09. The Morgan fingerprint density at radius 2 is 2.21 bits per heavy atom. The van der Waals surface area contributed by atoms with Crippen LogP contribution in [0.4, 0.5) is 0 Å². The zero-order valence-electron chi connectivity index (χ0n) is 10.7. The van der Waals surface area contributed by atoms with E-state index in [9.17, 15) is 4.79 Å². The van der Waals surface area contributed by atoms with Gasteiger partial charge in [-0.3, -0.25) is 9.69 Å². The van der Waals surface area contributed by atoms with E-state index in [4.69, 9.17) is 23.1 Å². The molecule has 102 valence electrons. The highest BCUT2D eigenvalue weighted by molar-refractivity contribution is 7.80. The summed E-state index contributed by atoms with van der Waals surface area (Å²) in [5.74, 6) is -0.960. The Morgan fingerprint density at radius 3 is 2.89 bits per heavy atom. The van der Waals surface area contributed by atoms with Crippen LogP contribution in [0.3, 0.4) is 0 Å². The molecule has 1 unspecified atom stereocenters. The monoisotopic (exact) mass is 278 g/mol. The summed E-state index contributed by atoms with van der Waals surface area (Å²) in [5, 5.41) is 9.10. The number of carbonyl (C=O) groups is 1. The number of rotatable bonds is 4. The average molecular weight is 278 g/mol. The minimum atomic E-state index is -0.702. The molecular weight excluding hydrogens is 260 g/mol. The smallest absolute Gasteiger partial charge is 0.307 e. The Kier molecular flexibility index (Phi) is 4.50. The number of carboxylic acid groups (broad SMARTS) is 1. The molecule has 1 aromatic rings. The molecule has 0 aromatic heterocycles. The molecule has 1 aliphatic rings. The van der Waals surface area contributed by atoms with Crippen LogP contribution in [0, 0.1) is 5.92 Å². The topological polar surface area (TPSA) is 66.6 Å². The third-order valence-corrected chi connectivity index (χ3v) is 3.75. The molecule has 0 saturated carbocycles. The fraction of sp³-hybridized carbons (Fsp3) is 0.429. The zero-order valence-corrected chi connectivity index (χ0v) is 11.5. The molecule has 1 atom stereocenters. The molecule has 1 aromatic carbocycles. The van der Waals surface area contributed by atoms with Crippen molar-refractivity contribution in [1.82, 2.24) is 4.90 Å². The first kappa shape index (κ1) is 14.0. The number of aliphatic carboxylic acids is 1. The summed E-state index contributed by atoms with van der Waals surface area (Å²) in [6, 6.07) is 7.78. The van der Waals surface area contributed by atoms with E-state index in [-0.39, 0.29) is 5.92 Å². The molecule has 4 nitrogen and oxygen atoms in total. The highest BCUT2D eigenvalue weighted by Gasteiger charge is 2.25. The second-order valence-corrected chi connectivity index (χ2v) is 5.37. The Bertz CT molecular complexity index is 490. The maximum atomic E-state index is 11.1. The average Bonchev–Trinajstić information content (AvgIpc) is 2.39. The zero-order chi connectivity index (χ0) is 13.8. The first-order valence-corrected chi connectivity index (χ1v) is 6.81. The van der Waals surface area contributed by atoms with Gasteiger partial charge in [0.15, 0.2) is 0 Å². The van der Waals surface area contributed by atoms with Crippen LogP contribution >= 0.6 is 12.2 Å². The van der Waals surface area contributed by atoms with Crippen molar-refractivity contribution in [3.63, 3.8) is 0 Å². The second-order valence-electron chi connectivity index (χ2n) is 4.93. The lowest BCUT2D eigenvalue weighted by molar-refractivity contribution is -0.143. The summed E-state index contributed by atoms with van der Waals surface area (Å²) in [7, 11) is 0. The maximum absolute atomic E-state index is 11.1. The molecule has 0 radical (unpaired) electrons. The van der Waals surface area contributed by atoms with Crippen molar-refractivity contribution in [3.05, 3.63) is 35.4 Å². The van der Waals surface area contributed by atoms with Gasteiger partial charge in [-0.2, -0.15) is 0 Å². The molecule has 1 heterocycles. The van der Waals surface area contributed by atoms with Gasteiger partial charge in [0.2, 0.25) is 0 Å². The highest BCUT2D eigenvalue weighted by Crippen LogP contribution is 2.20. The number of carboxylic acids is 1. The van der Waals surface area contributed by atoms with Crippen LogP contribution in [0.15, 0.2) is 24.3 Å². The predicted octanol–water partition coefficient (Wildman–Crippen LogP) is 1.62. The lowest BCUT2D eigenvalue weighted by Gasteiger charge is -2.31. The number of piperidine rings is 1. The molecule has 0 spiro atoms. The van der Waals surface area contributed by atoms with Gasteiger partial charge in [0.05, 0.1) is 5.92 Å². The van der Waals surface area contributed by atoms with E-state index >= 15 is 0 Å². The van der Waals surface area contributed by atoms with Gasteiger partial charge < -0.3 is 10.8 Å². The van der Waals surface area contributed by atoms with E-state index in [1.165, 1.54) is 0 Å².